The van der Waals surface area contributed by atoms with Gasteiger partial charge in [0.2, 0.25) is 0 Å². The van der Waals surface area contributed by atoms with Gasteiger partial charge >= 0.3 is 12.2 Å². The quantitative estimate of drug-likeness (QED) is 0.0737. The molecule has 0 fully saturated rings. The molecule has 0 aromatic heterocycles. The molecule has 0 aliphatic rings. The van der Waals surface area contributed by atoms with Crippen molar-refractivity contribution in [2.45, 2.75) is 64.8 Å². The van der Waals surface area contributed by atoms with Crippen LogP contribution in [0.3, 0.4) is 0 Å². The molecular weight excluding hydrogens is 596 g/mol. The maximum Gasteiger partial charge on any atom is 0.407 e. The predicted octanol–water partition coefficient (Wildman–Crippen LogP) is 6.86. The number of amides is 2. The Kier molecular flexibility index (Phi) is 16.2. The monoisotopic (exact) mass is 640 g/mol. The van der Waals surface area contributed by atoms with E-state index in [1.54, 1.807) is 0 Å². The van der Waals surface area contributed by atoms with Gasteiger partial charge in [-0.15, -0.1) is 0 Å². The fourth-order valence-electron chi connectivity index (χ4n) is 4.65. The molecule has 47 heavy (non-hydrogen) atoms. The Morgan fingerprint density at radius 3 is 1.43 bits per heavy atom. The molecule has 9 heteroatoms. The van der Waals surface area contributed by atoms with Gasteiger partial charge in [0, 0.05) is 18.5 Å². The highest BCUT2D eigenvalue weighted by Gasteiger charge is 2.11. The molecule has 0 heterocycles. The number of aldehydes is 1. The molecule has 4 aromatic rings. The summed E-state index contributed by atoms with van der Waals surface area (Å²) in [5, 5.41) is 14.0. The Labute approximate surface area is 276 Å². The first-order valence-electron chi connectivity index (χ1n) is 15.6. The molecule has 0 bridgehead atoms. The summed E-state index contributed by atoms with van der Waals surface area (Å²) in [6.07, 6.45) is 2.58. The van der Waals surface area contributed by atoms with Gasteiger partial charge in [0.25, 0.3) is 0 Å². The summed E-state index contributed by atoms with van der Waals surface area (Å²) in [6.45, 7) is 4.69. The van der Waals surface area contributed by atoms with E-state index in [1.165, 1.54) is 0 Å². The predicted molar refractivity (Wildman–Crippen MR) is 181 cm³/mol. The van der Waals surface area contributed by atoms with Crippen molar-refractivity contribution in [2.75, 3.05) is 6.61 Å². The highest BCUT2D eigenvalue weighted by Crippen LogP contribution is 2.10. The van der Waals surface area contributed by atoms with Crippen molar-refractivity contribution in [2.24, 2.45) is 0 Å². The summed E-state index contributed by atoms with van der Waals surface area (Å²) in [4.78, 5) is 38.1. The Hall–Kier alpha value is -4.99. The van der Waals surface area contributed by atoms with Crippen LogP contribution in [0.1, 0.15) is 47.2 Å². The number of benzene rings is 4. The number of hydrogen-bond donors (Lipinski definition) is 3. The SMILES string of the molecule is C[C@H](Cc1ccc(CC=O)cc1)NC(=O)OCc1ccccc1.C[C@H](Cc1ccc(CCOO)cc1)NC(=O)OCc1ccccc1. The molecule has 4 rings (SSSR count). The lowest BCUT2D eigenvalue weighted by atomic mass is 10.0. The molecule has 2 amide bonds. The fraction of sp³-hybridized carbons (Fsp3) is 0.289. The van der Waals surface area contributed by atoms with Crippen molar-refractivity contribution in [3.05, 3.63) is 143 Å². The second kappa shape index (κ2) is 20.9. The molecule has 0 spiro atoms. The molecule has 0 aliphatic carbocycles. The molecule has 0 saturated heterocycles. The maximum absolute atomic E-state index is 11.8. The van der Waals surface area contributed by atoms with E-state index in [4.69, 9.17) is 14.7 Å². The Balaban J connectivity index is 0.000000256. The normalized spacial score (nSPS) is 11.6. The molecule has 0 unspecified atom stereocenters. The third kappa shape index (κ3) is 15.2. The second-order valence-corrected chi connectivity index (χ2v) is 11.2. The van der Waals surface area contributed by atoms with E-state index in [0.29, 0.717) is 19.3 Å². The molecule has 4 aromatic carbocycles. The minimum atomic E-state index is -0.418. The van der Waals surface area contributed by atoms with Crippen LogP contribution in [-0.2, 0) is 58.1 Å². The summed E-state index contributed by atoms with van der Waals surface area (Å²) < 4.78 is 10.4. The Bertz CT molecular complexity index is 1460. The number of ether oxygens (including phenoxy) is 2. The third-order valence-electron chi connectivity index (χ3n) is 7.08. The van der Waals surface area contributed by atoms with Crippen LogP contribution in [0.25, 0.3) is 0 Å². The van der Waals surface area contributed by atoms with Crippen LogP contribution in [0.5, 0.6) is 0 Å². The lowest BCUT2D eigenvalue weighted by Gasteiger charge is -2.14. The lowest BCUT2D eigenvalue weighted by Crippen LogP contribution is -2.34. The standard InChI is InChI=1S/C19H23NO4.C19H21NO3/c1-15(13-17-9-7-16(8-10-17)11-12-24-22)20-19(21)23-14-18-5-3-2-4-6-18;1-15(13-17-9-7-16(8-10-17)11-12-21)20-19(22)23-14-18-5-3-2-4-6-18/h2-10,15,22H,11-14H2,1H3,(H,20,21);2-10,12,15H,11,13-14H2,1H3,(H,20,22)/t2*15-/m11/s1. The van der Waals surface area contributed by atoms with Crippen LogP contribution in [0.2, 0.25) is 0 Å². The van der Waals surface area contributed by atoms with Gasteiger partial charge in [-0.05, 0) is 66.5 Å². The molecule has 0 radical (unpaired) electrons. The Morgan fingerprint density at radius 1 is 0.617 bits per heavy atom. The van der Waals surface area contributed by atoms with E-state index in [9.17, 15) is 14.4 Å². The summed E-state index contributed by atoms with van der Waals surface area (Å²) in [7, 11) is 0. The zero-order valence-corrected chi connectivity index (χ0v) is 27.0. The van der Waals surface area contributed by atoms with Gasteiger partial charge in [-0.3, -0.25) is 5.26 Å². The number of nitrogens with one attached hydrogen (secondary N) is 2. The van der Waals surface area contributed by atoms with Crippen LogP contribution in [0.15, 0.2) is 109 Å². The zero-order chi connectivity index (χ0) is 33.7. The van der Waals surface area contributed by atoms with Crippen LogP contribution < -0.4 is 10.6 Å². The summed E-state index contributed by atoms with van der Waals surface area (Å²) in [5.41, 5.74) is 6.24. The molecule has 3 N–H and O–H groups in total. The van der Waals surface area contributed by atoms with Gasteiger partial charge in [0.05, 0.1) is 6.61 Å². The summed E-state index contributed by atoms with van der Waals surface area (Å²) in [5.74, 6) is 0. The van der Waals surface area contributed by atoms with Crippen molar-refractivity contribution < 1.29 is 34.0 Å². The van der Waals surface area contributed by atoms with Gasteiger partial charge in [0.15, 0.2) is 0 Å². The van der Waals surface area contributed by atoms with Gasteiger partial charge in [-0.2, -0.15) is 0 Å². The highest BCUT2D eigenvalue weighted by molar-refractivity contribution is 5.68. The number of alkyl carbamates (subject to hydrolysis) is 2. The van der Waals surface area contributed by atoms with Crippen molar-refractivity contribution in [3.8, 4) is 0 Å². The highest BCUT2D eigenvalue weighted by atomic mass is 17.1. The molecular formula is C38H44N2O7. The van der Waals surface area contributed by atoms with Crippen LogP contribution in [0.4, 0.5) is 9.59 Å². The zero-order valence-electron chi connectivity index (χ0n) is 27.0. The van der Waals surface area contributed by atoms with E-state index in [2.05, 4.69) is 15.5 Å². The number of carbonyl (C=O) groups is 3. The average Bonchev–Trinajstić information content (AvgIpc) is 3.08. The third-order valence-corrected chi connectivity index (χ3v) is 7.08. The molecule has 0 saturated carbocycles. The number of rotatable bonds is 15. The van der Waals surface area contributed by atoms with Crippen molar-refractivity contribution >= 4 is 18.5 Å². The largest absolute Gasteiger partial charge is 0.445 e. The first-order chi connectivity index (χ1) is 22.8. The molecule has 248 valence electrons. The Morgan fingerprint density at radius 2 is 1.02 bits per heavy atom. The van der Waals surface area contributed by atoms with E-state index < -0.39 is 12.2 Å². The minimum absolute atomic E-state index is 0.0279. The van der Waals surface area contributed by atoms with Gasteiger partial charge < -0.3 is 24.9 Å². The van der Waals surface area contributed by atoms with Crippen molar-refractivity contribution in [1.29, 1.82) is 0 Å². The second-order valence-electron chi connectivity index (χ2n) is 11.2. The fourth-order valence-corrected chi connectivity index (χ4v) is 4.65. The maximum atomic E-state index is 11.8. The summed E-state index contributed by atoms with van der Waals surface area (Å²) >= 11 is 0. The van der Waals surface area contributed by atoms with Gasteiger partial charge in [-0.1, -0.05) is 109 Å². The summed E-state index contributed by atoms with van der Waals surface area (Å²) in [6, 6.07) is 34.9. The number of carbonyl (C=O) groups excluding carboxylic acids is 3. The minimum Gasteiger partial charge on any atom is -0.445 e. The van der Waals surface area contributed by atoms with Crippen LogP contribution in [0, 0.1) is 0 Å². The van der Waals surface area contributed by atoms with Crippen molar-refractivity contribution in [1.82, 2.24) is 10.6 Å². The van der Waals surface area contributed by atoms with E-state index in [0.717, 1.165) is 46.1 Å². The smallest absolute Gasteiger partial charge is 0.407 e. The van der Waals surface area contributed by atoms with Gasteiger partial charge in [0.1, 0.15) is 19.5 Å². The number of hydrogen-bond acceptors (Lipinski definition) is 7. The topological polar surface area (TPSA) is 123 Å². The molecule has 9 nitrogen and oxygen atoms in total. The first-order valence-corrected chi connectivity index (χ1v) is 15.6. The van der Waals surface area contributed by atoms with E-state index >= 15 is 0 Å². The average molecular weight is 641 g/mol. The van der Waals surface area contributed by atoms with E-state index in [-0.39, 0.29) is 31.9 Å². The lowest BCUT2D eigenvalue weighted by molar-refractivity contribution is -0.241. The van der Waals surface area contributed by atoms with Crippen molar-refractivity contribution in [3.63, 3.8) is 0 Å². The van der Waals surface area contributed by atoms with Crippen LogP contribution >= 0.6 is 0 Å². The van der Waals surface area contributed by atoms with Gasteiger partial charge in [-0.25, -0.2) is 14.5 Å². The van der Waals surface area contributed by atoms with Crippen LogP contribution in [-0.4, -0.2) is 42.4 Å². The first kappa shape index (κ1) is 36.5. The molecule has 0 aliphatic heterocycles. The van der Waals surface area contributed by atoms with E-state index in [1.807, 2.05) is 123 Å². The molecule has 2 atom stereocenters.